The number of methoxy groups -OCH3 is 2. The molecule has 1 saturated heterocycles. The predicted molar refractivity (Wildman–Crippen MR) is 117 cm³/mol. The molecule has 172 valence electrons. The molecule has 1 aliphatic rings. The van der Waals surface area contributed by atoms with Crippen LogP contribution in [0.1, 0.15) is 29.8 Å². The van der Waals surface area contributed by atoms with Crippen LogP contribution in [0.2, 0.25) is 0 Å². The summed E-state index contributed by atoms with van der Waals surface area (Å²) in [7, 11) is 2.75. The van der Waals surface area contributed by atoms with Crippen molar-refractivity contribution in [2.75, 3.05) is 33.9 Å². The average molecular weight is 445 g/mol. The van der Waals surface area contributed by atoms with Crippen LogP contribution < -0.4 is 9.47 Å². The lowest BCUT2D eigenvalue weighted by atomic mass is 10.1. The first-order chi connectivity index (χ1) is 15.3. The summed E-state index contributed by atoms with van der Waals surface area (Å²) in [5, 5.41) is 0. The van der Waals surface area contributed by atoms with Gasteiger partial charge in [0.05, 0.1) is 14.2 Å². The molecule has 0 saturated carbocycles. The van der Waals surface area contributed by atoms with Crippen LogP contribution in [0.3, 0.4) is 0 Å². The first-order valence-corrected chi connectivity index (χ1v) is 10.5. The Morgan fingerprint density at radius 2 is 1.75 bits per heavy atom. The first-order valence-electron chi connectivity index (χ1n) is 10.5. The molecule has 0 N–H and O–H groups in total. The summed E-state index contributed by atoms with van der Waals surface area (Å²) < 4.78 is 29.0. The molecule has 1 fully saturated rings. The molecule has 0 aromatic heterocycles. The van der Waals surface area contributed by atoms with Crippen molar-refractivity contribution < 1.29 is 28.2 Å². The fourth-order valence-corrected chi connectivity index (χ4v) is 3.90. The minimum absolute atomic E-state index is 0.0273. The van der Waals surface area contributed by atoms with Gasteiger partial charge < -0.3 is 19.1 Å². The Labute approximate surface area is 187 Å². The number of esters is 1. The van der Waals surface area contributed by atoms with E-state index in [9.17, 15) is 14.0 Å². The SMILES string of the molecule is COC(=O)c1cccc(OC)c1OCC(=O)N1CC(C)N(Cc2ccc(F)cc2)CC1C. The number of nitrogens with zero attached hydrogens (tertiary/aromatic N) is 2. The van der Waals surface area contributed by atoms with Gasteiger partial charge in [0.1, 0.15) is 11.4 Å². The van der Waals surface area contributed by atoms with Crippen LogP contribution in [-0.2, 0) is 16.1 Å². The summed E-state index contributed by atoms with van der Waals surface area (Å²) in [4.78, 5) is 29.1. The van der Waals surface area contributed by atoms with Crippen LogP contribution in [0.25, 0.3) is 0 Å². The number of amides is 1. The van der Waals surface area contributed by atoms with E-state index in [2.05, 4.69) is 11.8 Å². The second-order valence-corrected chi connectivity index (χ2v) is 7.92. The molecule has 1 aliphatic heterocycles. The summed E-state index contributed by atoms with van der Waals surface area (Å²) >= 11 is 0. The van der Waals surface area contributed by atoms with Crippen molar-refractivity contribution in [3.05, 3.63) is 59.4 Å². The van der Waals surface area contributed by atoms with Gasteiger partial charge >= 0.3 is 5.97 Å². The fraction of sp³-hybridized carbons (Fsp3) is 0.417. The summed E-state index contributed by atoms with van der Waals surface area (Å²) in [6.07, 6.45) is 0. The maximum Gasteiger partial charge on any atom is 0.341 e. The highest BCUT2D eigenvalue weighted by Crippen LogP contribution is 2.31. The quantitative estimate of drug-likeness (QED) is 0.612. The molecule has 1 amide bonds. The minimum atomic E-state index is -0.567. The topological polar surface area (TPSA) is 68.3 Å². The van der Waals surface area contributed by atoms with Gasteiger partial charge in [0.15, 0.2) is 18.1 Å². The molecule has 8 heteroatoms. The smallest absolute Gasteiger partial charge is 0.341 e. The number of rotatable bonds is 7. The number of halogens is 1. The number of carbonyl (C=O) groups is 2. The van der Waals surface area contributed by atoms with Gasteiger partial charge in [0.25, 0.3) is 5.91 Å². The molecule has 0 bridgehead atoms. The van der Waals surface area contributed by atoms with Crippen molar-refractivity contribution in [3.8, 4) is 11.5 Å². The zero-order chi connectivity index (χ0) is 23.3. The van der Waals surface area contributed by atoms with Gasteiger partial charge in [-0.1, -0.05) is 18.2 Å². The van der Waals surface area contributed by atoms with Gasteiger partial charge in [0.2, 0.25) is 0 Å². The van der Waals surface area contributed by atoms with Gasteiger partial charge in [-0.2, -0.15) is 0 Å². The Bertz CT molecular complexity index is 950. The van der Waals surface area contributed by atoms with Gasteiger partial charge in [-0.15, -0.1) is 0 Å². The van der Waals surface area contributed by atoms with E-state index in [1.54, 1.807) is 35.2 Å². The maximum absolute atomic E-state index is 13.2. The number of hydrogen-bond donors (Lipinski definition) is 0. The number of piperazine rings is 1. The second kappa shape index (κ2) is 10.5. The summed E-state index contributed by atoms with van der Waals surface area (Å²) in [6.45, 7) is 5.75. The average Bonchev–Trinajstić information content (AvgIpc) is 2.80. The third-order valence-electron chi connectivity index (χ3n) is 5.68. The second-order valence-electron chi connectivity index (χ2n) is 7.92. The first kappa shape index (κ1) is 23.5. The van der Waals surface area contributed by atoms with E-state index in [-0.39, 0.29) is 41.7 Å². The highest BCUT2D eigenvalue weighted by atomic mass is 19.1. The lowest BCUT2D eigenvalue weighted by molar-refractivity contribution is -0.139. The van der Waals surface area contributed by atoms with Crippen molar-refractivity contribution in [1.29, 1.82) is 0 Å². The molecule has 1 heterocycles. The lowest BCUT2D eigenvalue weighted by Crippen LogP contribution is -2.58. The molecule has 2 aromatic rings. The molecule has 2 aromatic carbocycles. The Hall–Kier alpha value is -3.13. The number of ether oxygens (including phenoxy) is 3. The Balaban J connectivity index is 1.64. The standard InChI is InChI=1S/C24H29FN2O5/c1-16-13-27(17(2)12-26(16)14-18-8-10-19(25)11-9-18)22(28)15-32-23-20(24(29)31-4)6-5-7-21(23)30-3/h5-11,16-17H,12-15H2,1-4H3. The van der Waals surface area contributed by atoms with Crippen LogP contribution >= 0.6 is 0 Å². The third-order valence-corrected chi connectivity index (χ3v) is 5.68. The molecule has 2 unspecified atom stereocenters. The van der Waals surface area contributed by atoms with Crippen molar-refractivity contribution in [1.82, 2.24) is 9.80 Å². The number of carbonyl (C=O) groups excluding carboxylic acids is 2. The van der Waals surface area contributed by atoms with Crippen LogP contribution in [0.4, 0.5) is 4.39 Å². The van der Waals surface area contributed by atoms with Crippen molar-refractivity contribution in [2.24, 2.45) is 0 Å². The summed E-state index contributed by atoms with van der Waals surface area (Å²) in [5.74, 6) is -0.455. The fourth-order valence-electron chi connectivity index (χ4n) is 3.90. The van der Waals surface area contributed by atoms with Crippen molar-refractivity contribution >= 4 is 11.9 Å². The monoisotopic (exact) mass is 444 g/mol. The Morgan fingerprint density at radius 3 is 2.41 bits per heavy atom. The molecule has 0 radical (unpaired) electrons. The lowest BCUT2D eigenvalue weighted by Gasteiger charge is -2.44. The summed E-state index contributed by atoms with van der Waals surface area (Å²) in [5.41, 5.74) is 1.23. The number of hydrogen-bond acceptors (Lipinski definition) is 6. The van der Waals surface area contributed by atoms with Gasteiger partial charge in [0, 0.05) is 31.7 Å². The van der Waals surface area contributed by atoms with E-state index in [0.29, 0.717) is 25.4 Å². The largest absolute Gasteiger partial charge is 0.493 e. The van der Waals surface area contributed by atoms with E-state index in [0.717, 1.165) is 5.56 Å². The molecule has 2 atom stereocenters. The van der Waals surface area contributed by atoms with Crippen molar-refractivity contribution in [2.45, 2.75) is 32.5 Å². The Kier molecular flexibility index (Phi) is 7.69. The van der Waals surface area contributed by atoms with Crippen LogP contribution in [0.15, 0.2) is 42.5 Å². The highest BCUT2D eigenvalue weighted by Gasteiger charge is 2.32. The zero-order valence-corrected chi connectivity index (χ0v) is 18.8. The van der Waals surface area contributed by atoms with Gasteiger partial charge in [-0.3, -0.25) is 9.69 Å². The third kappa shape index (κ3) is 5.37. The maximum atomic E-state index is 13.2. The molecule has 0 aliphatic carbocycles. The van der Waals surface area contributed by atoms with E-state index >= 15 is 0 Å². The van der Waals surface area contributed by atoms with Gasteiger partial charge in [-0.05, 0) is 43.7 Å². The van der Waals surface area contributed by atoms with Gasteiger partial charge in [-0.25, -0.2) is 9.18 Å². The van der Waals surface area contributed by atoms with Crippen LogP contribution in [0, 0.1) is 5.82 Å². The van der Waals surface area contributed by atoms with E-state index < -0.39 is 5.97 Å². The van der Waals surface area contributed by atoms with Crippen molar-refractivity contribution in [3.63, 3.8) is 0 Å². The van der Waals surface area contributed by atoms with Crippen LogP contribution in [0.5, 0.6) is 11.5 Å². The molecular formula is C24H29FN2O5. The molecule has 3 rings (SSSR count). The molecular weight excluding hydrogens is 415 g/mol. The zero-order valence-electron chi connectivity index (χ0n) is 18.8. The minimum Gasteiger partial charge on any atom is -0.493 e. The van der Waals surface area contributed by atoms with E-state index in [1.165, 1.54) is 26.4 Å². The molecule has 7 nitrogen and oxygen atoms in total. The van der Waals surface area contributed by atoms with E-state index in [1.807, 2.05) is 6.92 Å². The van der Waals surface area contributed by atoms with E-state index in [4.69, 9.17) is 14.2 Å². The normalized spacial score (nSPS) is 18.8. The summed E-state index contributed by atoms with van der Waals surface area (Å²) in [6, 6.07) is 11.5. The molecule has 0 spiro atoms. The number of benzene rings is 2. The highest BCUT2D eigenvalue weighted by molar-refractivity contribution is 5.93. The molecule has 32 heavy (non-hydrogen) atoms. The number of para-hydroxylation sites is 1. The predicted octanol–water partition coefficient (Wildman–Crippen LogP) is 3.12. The van der Waals surface area contributed by atoms with Crippen LogP contribution in [-0.4, -0.2) is 67.7 Å². The Morgan fingerprint density at radius 1 is 1.03 bits per heavy atom.